The Balaban J connectivity index is 3.12. The summed E-state index contributed by atoms with van der Waals surface area (Å²) in [6.45, 7) is 8.05. The van der Waals surface area contributed by atoms with Crippen LogP contribution in [0.2, 0.25) is 0 Å². The normalized spacial score (nSPS) is 14.1. The topological polar surface area (TPSA) is 52.0 Å². The van der Waals surface area contributed by atoms with Gasteiger partial charge in [0.2, 0.25) is 0 Å². The largest absolute Gasteiger partial charge is 0.324 e. The molecule has 2 nitrogen and oxygen atoms in total. The third-order valence-electron chi connectivity index (χ3n) is 2.57. The SMILES string of the molecule is Cc1ccc(C)c(C(N)C(C)(C)N)c1. The van der Waals surface area contributed by atoms with E-state index in [1.807, 2.05) is 13.8 Å². The molecule has 4 N–H and O–H groups in total. The first-order valence-corrected chi connectivity index (χ1v) is 4.94. The van der Waals surface area contributed by atoms with E-state index in [9.17, 15) is 0 Å². The Hall–Kier alpha value is -0.860. The Labute approximate surface area is 86.3 Å². The molecule has 1 rings (SSSR count). The number of benzene rings is 1. The van der Waals surface area contributed by atoms with Gasteiger partial charge >= 0.3 is 0 Å². The molecule has 14 heavy (non-hydrogen) atoms. The van der Waals surface area contributed by atoms with Crippen molar-refractivity contribution in [1.29, 1.82) is 0 Å². The molecule has 1 aromatic rings. The molecule has 1 atom stereocenters. The molecular formula is C12H20N2. The molecular weight excluding hydrogens is 172 g/mol. The van der Waals surface area contributed by atoms with E-state index in [2.05, 4.69) is 32.0 Å². The highest BCUT2D eigenvalue weighted by Gasteiger charge is 2.23. The summed E-state index contributed by atoms with van der Waals surface area (Å²) in [4.78, 5) is 0. The summed E-state index contributed by atoms with van der Waals surface area (Å²) in [7, 11) is 0. The number of aryl methyl sites for hydroxylation is 2. The molecule has 0 aliphatic carbocycles. The van der Waals surface area contributed by atoms with E-state index >= 15 is 0 Å². The second-order valence-electron chi connectivity index (χ2n) is 4.66. The second kappa shape index (κ2) is 3.71. The third kappa shape index (κ3) is 2.34. The van der Waals surface area contributed by atoms with E-state index in [0.29, 0.717) is 0 Å². The third-order valence-corrected chi connectivity index (χ3v) is 2.57. The molecule has 0 saturated heterocycles. The zero-order chi connectivity index (χ0) is 10.9. The van der Waals surface area contributed by atoms with Gasteiger partial charge in [-0.2, -0.15) is 0 Å². The molecule has 0 radical (unpaired) electrons. The Morgan fingerprint density at radius 1 is 1.21 bits per heavy atom. The zero-order valence-corrected chi connectivity index (χ0v) is 9.46. The van der Waals surface area contributed by atoms with Crippen LogP contribution < -0.4 is 11.5 Å². The minimum atomic E-state index is -0.376. The summed E-state index contributed by atoms with van der Waals surface area (Å²) in [5.74, 6) is 0. The summed E-state index contributed by atoms with van der Waals surface area (Å²) in [5, 5.41) is 0. The second-order valence-corrected chi connectivity index (χ2v) is 4.66. The summed E-state index contributed by atoms with van der Waals surface area (Å²) >= 11 is 0. The molecule has 2 heteroatoms. The number of rotatable bonds is 2. The lowest BCUT2D eigenvalue weighted by atomic mass is 9.87. The van der Waals surface area contributed by atoms with Crippen molar-refractivity contribution in [2.24, 2.45) is 11.5 Å². The van der Waals surface area contributed by atoms with Gasteiger partial charge in [0.15, 0.2) is 0 Å². The van der Waals surface area contributed by atoms with Gasteiger partial charge in [-0.05, 0) is 38.8 Å². The van der Waals surface area contributed by atoms with Crippen molar-refractivity contribution < 1.29 is 0 Å². The molecule has 0 fully saturated rings. The van der Waals surface area contributed by atoms with Crippen LogP contribution in [0.15, 0.2) is 18.2 Å². The Morgan fingerprint density at radius 3 is 2.29 bits per heavy atom. The lowest BCUT2D eigenvalue weighted by molar-refractivity contribution is 0.419. The van der Waals surface area contributed by atoms with Crippen molar-refractivity contribution >= 4 is 0 Å². The molecule has 0 saturated carbocycles. The molecule has 0 amide bonds. The molecule has 0 spiro atoms. The maximum absolute atomic E-state index is 6.12. The molecule has 0 aromatic heterocycles. The van der Waals surface area contributed by atoms with Crippen molar-refractivity contribution in [3.63, 3.8) is 0 Å². The van der Waals surface area contributed by atoms with Crippen molar-refractivity contribution in [2.45, 2.75) is 39.3 Å². The van der Waals surface area contributed by atoms with E-state index in [4.69, 9.17) is 11.5 Å². The highest BCUT2D eigenvalue weighted by molar-refractivity contribution is 5.34. The van der Waals surface area contributed by atoms with Crippen LogP contribution in [0.4, 0.5) is 0 Å². The van der Waals surface area contributed by atoms with Crippen LogP contribution in [-0.2, 0) is 0 Å². The maximum Gasteiger partial charge on any atom is 0.0475 e. The number of hydrogen-bond acceptors (Lipinski definition) is 2. The van der Waals surface area contributed by atoms with Gasteiger partial charge in [-0.25, -0.2) is 0 Å². The van der Waals surface area contributed by atoms with Gasteiger partial charge in [-0.3, -0.25) is 0 Å². The van der Waals surface area contributed by atoms with E-state index < -0.39 is 0 Å². The maximum atomic E-state index is 6.12. The van der Waals surface area contributed by atoms with Crippen LogP contribution in [0.5, 0.6) is 0 Å². The molecule has 1 aromatic carbocycles. The van der Waals surface area contributed by atoms with Crippen LogP contribution >= 0.6 is 0 Å². The fourth-order valence-corrected chi connectivity index (χ4v) is 1.50. The Kier molecular flexibility index (Phi) is 2.98. The van der Waals surface area contributed by atoms with Crippen molar-refractivity contribution in [1.82, 2.24) is 0 Å². The molecule has 0 aliphatic rings. The quantitative estimate of drug-likeness (QED) is 0.753. The summed E-state index contributed by atoms with van der Waals surface area (Å²) < 4.78 is 0. The van der Waals surface area contributed by atoms with Crippen LogP contribution in [0.1, 0.15) is 36.6 Å². The van der Waals surface area contributed by atoms with Gasteiger partial charge in [0.25, 0.3) is 0 Å². The average Bonchev–Trinajstić information content (AvgIpc) is 2.06. The highest BCUT2D eigenvalue weighted by Crippen LogP contribution is 2.24. The minimum Gasteiger partial charge on any atom is -0.324 e. The van der Waals surface area contributed by atoms with Gasteiger partial charge in [0.05, 0.1) is 0 Å². The standard InChI is InChI=1S/C12H20N2/c1-8-5-6-9(2)10(7-8)11(13)12(3,4)14/h5-7,11H,13-14H2,1-4H3. The van der Waals surface area contributed by atoms with Gasteiger partial charge in [0.1, 0.15) is 0 Å². The molecule has 1 unspecified atom stereocenters. The lowest BCUT2D eigenvalue weighted by Crippen LogP contribution is -2.44. The van der Waals surface area contributed by atoms with Crippen LogP contribution in [-0.4, -0.2) is 5.54 Å². The predicted molar refractivity (Wildman–Crippen MR) is 61.1 cm³/mol. The first-order chi connectivity index (χ1) is 6.32. The first-order valence-electron chi connectivity index (χ1n) is 4.94. The molecule has 0 aliphatic heterocycles. The fraction of sp³-hybridized carbons (Fsp3) is 0.500. The van der Waals surface area contributed by atoms with Crippen LogP contribution in [0.25, 0.3) is 0 Å². The monoisotopic (exact) mass is 192 g/mol. The van der Waals surface area contributed by atoms with Crippen LogP contribution in [0.3, 0.4) is 0 Å². The predicted octanol–water partition coefficient (Wildman–Crippen LogP) is 2.04. The van der Waals surface area contributed by atoms with Crippen LogP contribution in [0, 0.1) is 13.8 Å². The lowest BCUT2D eigenvalue weighted by Gasteiger charge is -2.28. The first kappa shape index (κ1) is 11.2. The summed E-state index contributed by atoms with van der Waals surface area (Å²) in [6, 6.07) is 6.20. The zero-order valence-electron chi connectivity index (χ0n) is 9.46. The number of nitrogens with two attached hydrogens (primary N) is 2. The molecule has 78 valence electrons. The molecule has 0 heterocycles. The minimum absolute atomic E-state index is 0.109. The van der Waals surface area contributed by atoms with E-state index in [-0.39, 0.29) is 11.6 Å². The van der Waals surface area contributed by atoms with Crippen molar-refractivity contribution in [2.75, 3.05) is 0 Å². The Bertz CT molecular complexity index is 324. The summed E-state index contributed by atoms with van der Waals surface area (Å²) in [6.07, 6.45) is 0. The average molecular weight is 192 g/mol. The smallest absolute Gasteiger partial charge is 0.0475 e. The fourth-order valence-electron chi connectivity index (χ4n) is 1.50. The van der Waals surface area contributed by atoms with Crippen molar-refractivity contribution in [3.05, 3.63) is 34.9 Å². The van der Waals surface area contributed by atoms with E-state index in [1.54, 1.807) is 0 Å². The van der Waals surface area contributed by atoms with Gasteiger partial charge < -0.3 is 11.5 Å². The highest BCUT2D eigenvalue weighted by atomic mass is 14.8. The van der Waals surface area contributed by atoms with Crippen molar-refractivity contribution in [3.8, 4) is 0 Å². The van der Waals surface area contributed by atoms with Gasteiger partial charge in [0, 0.05) is 11.6 Å². The van der Waals surface area contributed by atoms with Gasteiger partial charge in [-0.1, -0.05) is 23.8 Å². The van der Waals surface area contributed by atoms with E-state index in [0.717, 1.165) is 5.56 Å². The van der Waals surface area contributed by atoms with Gasteiger partial charge in [-0.15, -0.1) is 0 Å². The van der Waals surface area contributed by atoms with E-state index in [1.165, 1.54) is 11.1 Å². The molecule has 0 bridgehead atoms. The number of hydrogen-bond donors (Lipinski definition) is 2. The Morgan fingerprint density at radius 2 is 1.79 bits per heavy atom. The summed E-state index contributed by atoms with van der Waals surface area (Å²) in [5.41, 5.74) is 15.3.